The minimum absolute atomic E-state index is 0.0175. The van der Waals surface area contributed by atoms with E-state index in [4.69, 9.17) is 0 Å². The fraction of sp³-hybridized carbons (Fsp3) is 0.409. The van der Waals surface area contributed by atoms with Gasteiger partial charge in [-0.3, -0.25) is 4.79 Å². The first-order valence-corrected chi connectivity index (χ1v) is 10.1. The monoisotopic (exact) mass is 375 g/mol. The number of anilines is 1. The molecule has 6 heteroatoms. The molecule has 2 N–H and O–H groups in total. The number of rotatable bonds is 4. The first kappa shape index (κ1) is 17.4. The number of aromatic nitrogens is 3. The fourth-order valence-corrected chi connectivity index (χ4v) is 5.17. The summed E-state index contributed by atoms with van der Waals surface area (Å²) in [5, 5.41) is 12.0. The molecule has 0 spiro atoms. The maximum Gasteiger partial charge on any atom is 0.225 e. The minimum atomic E-state index is 0.0175. The van der Waals surface area contributed by atoms with Crippen LogP contribution in [0.15, 0.2) is 42.7 Å². The summed E-state index contributed by atoms with van der Waals surface area (Å²) in [4.78, 5) is 18.3. The van der Waals surface area contributed by atoms with E-state index in [1.54, 1.807) is 18.3 Å². The van der Waals surface area contributed by atoms with Crippen LogP contribution >= 0.6 is 0 Å². The summed E-state index contributed by atoms with van der Waals surface area (Å²) in [5.74, 6) is 1.60. The van der Waals surface area contributed by atoms with Gasteiger partial charge in [0.25, 0.3) is 0 Å². The van der Waals surface area contributed by atoms with Gasteiger partial charge in [-0.15, -0.1) is 5.10 Å². The Morgan fingerprint density at radius 3 is 3.11 bits per heavy atom. The molecule has 28 heavy (non-hydrogen) atoms. The molecule has 1 saturated heterocycles. The lowest BCUT2D eigenvalue weighted by Crippen LogP contribution is -2.47. The number of amides is 1. The maximum absolute atomic E-state index is 12.3. The molecule has 1 amide bonds. The second-order valence-corrected chi connectivity index (χ2v) is 8.20. The Hall–Kier alpha value is -2.73. The number of hydrogen-bond donors (Lipinski definition) is 2. The third-order valence-corrected chi connectivity index (χ3v) is 6.43. The Labute approximate surface area is 164 Å². The maximum atomic E-state index is 12.3. The van der Waals surface area contributed by atoms with Gasteiger partial charge in [-0.25, -0.2) is 0 Å². The number of benzene rings is 1. The van der Waals surface area contributed by atoms with Gasteiger partial charge < -0.3 is 15.2 Å². The lowest BCUT2D eigenvalue weighted by atomic mass is 9.71. The van der Waals surface area contributed by atoms with Crippen molar-refractivity contribution in [1.29, 1.82) is 0 Å². The third-order valence-electron chi connectivity index (χ3n) is 6.43. The van der Waals surface area contributed by atoms with Crippen LogP contribution in [0.1, 0.15) is 36.3 Å². The smallest absolute Gasteiger partial charge is 0.225 e. The van der Waals surface area contributed by atoms with Crippen LogP contribution in [-0.4, -0.2) is 45.6 Å². The summed E-state index contributed by atoms with van der Waals surface area (Å²) in [6.45, 7) is 1.05. The molecule has 1 aliphatic heterocycles. The van der Waals surface area contributed by atoms with Gasteiger partial charge in [0.05, 0.1) is 0 Å². The van der Waals surface area contributed by atoms with Crippen LogP contribution in [0.2, 0.25) is 0 Å². The van der Waals surface area contributed by atoms with Crippen molar-refractivity contribution in [2.45, 2.75) is 37.6 Å². The van der Waals surface area contributed by atoms with Gasteiger partial charge in [0.2, 0.25) is 5.91 Å². The van der Waals surface area contributed by atoms with Crippen molar-refractivity contribution in [1.82, 2.24) is 20.1 Å². The number of likely N-dealkylation sites (N-methyl/N-ethyl adjacent to an activating group) is 1. The van der Waals surface area contributed by atoms with Gasteiger partial charge >= 0.3 is 0 Å². The highest BCUT2D eigenvalue weighted by molar-refractivity contribution is 5.89. The van der Waals surface area contributed by atoms with E-state index in [2.05, 4.69) is 56.8 Å². The standard InChI is InChI=1S/C22H25N5O/c1-27-13-14(7-8-21(28)25-20-6-3-9-24-26-20)10-17-16-4-2-5-18-22(16)15(12-23-18)11-19(17)27/h2-6,9,12,14,17,19,23H,7-8,10-11,13H2,1H3,(H,25,26,28)/t14-,17-,19-/m1/s1. The zero-order chi connectivity index (χ0) is 19.1. The van der Waals surface area contributed by atoms with Crippen molar-refractivity contribution in [3.63, 3.8) is 0 Å². The average molecular weight is 375 g/mol. The summed E-state index contributed by atoms with van der Waals surface area (Å²) in [5.41, 5.74) is 4.17. The normalized spacial score (nSPS) is 24.1. The van der Waals surface area contributed by atoms with Crippen LogP contribution < -0.4 is 5.32 Å². The molecule has 3 heterocycles. The number of H-pyrrole nitrogens is 1. The number of nitrogens with one attached hydrogen (secondary N) is 2. The molecule has 2 aliphatic rings. The van der Waals surface area contributed by atoms with Crippen molar-refractivity contribution in [2.75, 3.05) is 18.9 Å². The lowest BCUT2D eigenvalue weighted by molar-refractivity contribution is -0.116. The van der Waals surface area contributed by atoms with Crippen LogP contribution in [0, 0.1) is 5.92 Å². The van der Waals surface area contributed by atoms with Crippen LogP contribution in [0.5, 0.6) is 0 Å². The largest absolute Gasteiger partial charge is 0.361 e. The van der Waals surface area contributed by atoms with Gasteiger partial charge in [0.1, 0.15) is 0 Å². The predicted octanol–water partition coefficient (Wildman–Crippen LogP) is 3.34. The molecule has 1 aliphatic carbocycles. The molecule has 3 aromatic rings. The van der Waals surface area contributed by atoms with E-state index in [0.29, 0.717) is 30.1 Å². The minimum Gasteiger partial charge on any atom is -0.361 e. The fourth-order valence-electron chi connectivity index (χ4n) is 5.17. The van der Waals surface area contributed by atoms with Crippen molar-refractivity contribution < 1.29 is 4.79 Å². The molecule has 1 aromatic carbocycles. The van der Waals surface area contributed by atoms with Crippen LogP contribution in [-0.2, 0) is 11.2 Å². The lowest BCUT2D eigenvalue weighted by Gasteiger charge is -2.45. The van der Waals surface area contributed by atoms with Crippen LogP contribution in [0.4, 0.5) is 5.82 Å². The highest BCUT2D eigenvalue weighted by atomic mass is 16.1. The quantitative estimate of drug-likeness (QED) is 0.733. The van der Waals surface area contributed by atoms with Crippen LogP contribution in [0.25, 0.3) is 10.9 Å². The molecule has 2 aromatic heterocycles. The Bertz CT molecular complexity index is 999. The number of piperidine rings is 1. The molecule has 1 fully saturated rings. The van der Waals surface area contributed by atoms with E-state index in [0.717, 1.165) is 25.8 Å². The molecule has 5 rings (SSSR count). The second-order valence-electron chi connectivity index (χ2n) is 8.20. The first-order valence-electron chi connectivity index (χ1n) is 10.1. The second kappa shape index (κ2) is 7.02. The SMILES string of the molecule is CN1C[C@H](CCC(=O)Nc2cccnn2)C[C@@H]2c3cccc4[nH]cc(c34)C[C@H]21. The number of aromatic amines is 1. The van der Waals surface area contributed by atoms with E-state index in [-0.39, 0.29) is 5.91 Å². The number of fused-ring (bicyclic) bond motifs is 2. The van der Waals surface area contributed by atoms with E-state index in [1.807, 2.05) is 0 Å². The highest BCUT2D eigenvalue weighted by Crippen LogP contribution is 2.44. The number of likely N-dealkylation sites (tertiary alicyclic amines) is 1. The molecule has 0 unspecified atom stereocenters. The van der Waals surface area contributed by atoms with Gasteiger partial charge in [-0.05, 0) is 61.6 Å². The first-order chi connectivity index (χ1) is 13.7. The average Bonchev–Trinajstić information content (AvgIpc) is 3.12. The highest BCUT2D eigenvalue weighted by Gasteiger charge is 2.39. The molecule has 6 nitrogen and oxygen atoms in total. The Balaban J connectivity index is 1.29. The molecule has 0 bridgehead atoms. The molecule has 0 radical (unpaired) electrons. The van der Waals surface area contributed by atoms with E-state index in [1.165, 1.54) is 22.0 Å². The molecule has 0 saturated carbocycles. The van der Waals surface area contributed by atoms with Gasteiger partial charge in [-0.1, -0.05) is 12.1 Å². The van der Waals surface area contributed by atoms with E-state index in [9.17, 15) is 4.79 Å². The third kappa shape index (κ3) is 3.07. The number of carbonyl (C=O) groups excluding carboxylic acids is 1. The molecule has 144 valence electrons. The number of carbonyl (C=O) groups is 1. The summed E-state index contributed by atoms with van der Waals surface area (Å²) in [6, 6.07) is 10.7. The van der Waals surface area contributed by atoms with Crippen molar-refractivity contribution in [3.05, 3.63) is 53.9 Å². The predicted molar refractivity (Wildman–Crippen MR) is 109 cm³/mol. The summed E-state index contributed by atoms with van der Waals surface area (Å²) in [7, 11) is 2.24. The number of nitrogens with zero attached hydrogens (tertiary/aromatic N) is 3. The van der Waals surface area contributed by atoms with Gasteiger partial charge in [-0.2, -0.15) is 5.10 Å². The Morgan fingerprint density at radius 1 is 1.32 bits per heavy atom. The zero-order valence-electron chi connectivity index (χ0n) is 16.1. The van der Waals surface area contributed by atoms with Crippen LogP contribution in [0.3, 0.4) is 0 Å². The Kier molecular flexibility index (Phi) is 4.36. The number of hydrogen-bond acceptors (Lipinski definition) is 4. The molecular formula is C22H25N5O. The van der Waals surface area contributed by atoms with Gasteiger partial charge in [0.15, 0.2) is 5.82 Å². The summed E-state index contributed by atoms with van der Waals surface area (Å²) in [6.07, 6.45) is 7.46. The van der Waals surface area contributed by atoms with Crippen molar-refractivity contribution in [3.8, 4) is 0 Å². The summed E-state index contributed by atoms with van der Waals surface area (Å²) >= 11 is 0. The molecule has 3 atom stereocenters. The zero-order valence-corrected chi connectivity index (χ0v) is 16.1. The topological polar surface area (TPSA) is 73.9 Å². The van der Waals surface area contributed by atoms with Crippen molar-refractivity contribution >= 4 is 22.6 Å². The molecular weight excluding hydrogens is 350 g/mol. The van der Waals surface area contributed by atoms with Crippen molar-refractivity contribution in [2.24, 2.45) is 5.92 Å². The van der Waals surface area contributed by atoms with E-state index < -0.39 is 0 Å². The summed E-state index contributed by atoms with van der Waals surface area (Å²) < 4.78 is 0. The Morgan fingerprint density at radius 2 is 2.25 bits per heavy atom. The van der Waals surface area contributed by atoms with E-state index >= 15 is 0 Å². The van der Waals surface area contributed by atoms with Gasteiger partial charge in [0, 0.05) is 48.2 Å².